The molecule has 11 heteroatoms. The number of hydrogen-bond acceptors (Lipinski definition) is 8. The molecule has 0 aliphatic heterocycles. The van der Waals surface area contributed by atoms with Crippen molar-refractivity contribution in [3.63, 3.8) is 0 Å². The molecule has 0 aromatic heterocycles. The summed E-state index contributed by atoms with van der Waals surface area (Å²) >= 11 is 0. The lowest BCUT2D eigenvalue weighted by Crippen LogP contribution is -2.34. The highest BCUT2D eigenvalue weighted by atomic mass is 31.2. The van der Waals surface area contributed by atoms with E-state index in [-0.39, 0.29) is 13.0 Å². The van der Waals surface area contributed by atoms with Crippen LogP contribution in [0.4, 0.5) is 0 Å². The van der Waals surface area contributed by atoms with Gasteiger partial charge in [0.2, 0.25) is 0 Å². The van der Waals surface area contributed by atoms with E-state index in [0.717, 1.165) is 38.5 Å². The number of phosphoric ester groups is 1. The van der Waals surface area contributed by atoms with E-state index in [1.54, 1.807) is 0 Å². The van der Waals surface area contributed by atoms with Gasteiger partial charge in [-0.3, -0.25) is 18.6 Å². The number of esters is 1. The fourth-order valence-corrected chi connectivity index (χ4v) is 5.67. The van der Waals surface area contributed by atoms with E-state index in [1.807, 2.05) is 0 Å². The Kier molecular flexibility index (Phi) is 31.4. The van der Waals surface area contributed by atoms with Crippen LogP contribution in [0.2, 0.25) is 0 Å². The van der Waals surface area contributed by atoms with E-state index in [9.17, 15) is 19.0 Å². The summed E-state index contributed by atoms with van der Waals surface area (Å²) in [5, 5.41) is 8.84. The molecular formula is C35H68NO9P. The summed E-state index contributed by atoms with van der Waals surface area (Å²) < 4.78 is 33.1. The monoisotopic (exact) mass is 677 g/mol. The largest absolute Gasteiger partial charge is 0.480 e. The fraction of sp³-hybridized carbons (Fsp3) is 0.886. The number of allylic oxidation sites excluding steroid dienone is 2. The van der Waals surface area contributed by atoms with Gasteiger partial charge in [-0.25, -0.2) is 4.57 Å². The highest BCUT2D eigenvalue weighted by Crippen LogP contribution is 2.43. The first kappa shape index (κ1) is 44.7. The van der Waals surface area contributed by atoms with Crippen LogP contribution in [0.5, 0.6) is 0 Å². The zero-order valence-corrected chi connectivity index (χ0v) is 30.1. The lowest BCUT2D eigenvalue weighted by molar-refractivity contribution is -0.154. The predicted molar refractivity (Wildman–Crippen MR) is 185 cm³/mol. The third kappa shape index (κ3) is 31.3. The van der Waals surface area contributed by atoms with Crippen LogP contribution in [0.3, 0.4) is 0 Å². The van der Waals surface area contributed by atoms with Crippen LogP contribution in [0.15, 0.2) is 12.2 Å². The van der Waals surface area contributed by atoms with Crippen LogP contribution < -0.4 is 5.73 Å². The summed E-state index contributed by atoms with van der Waals surface area (Å²) in [5.41, 5.74) is 5.32. The Hall–Kier alpha value is -1.29. The number of aliphatic carboxylic acids is 1. The number of ether oxygens (including phenoxy) is 2. The number of carboxylic acids is 1. The van der Waals surface area contributed by atoms with Crippen molar-refractivity contribution in [3.05, 3.63) is 12.2 Å². The number of rotatable bonds is 35. The maximum absolute atomic E-state index is 12.5. The third-order valence-corrected chi connectivity index (χ3v) is 8.75. The van der Waals surface area contributed by atoms with Crippen molar-refractivity contribution < 1.29 is 42.7 Å². The SMILES string of the molecule is CCCCCC/C=C\CCCCCCCCOCC(COP(=O)(O)OCC(N)C(=O)O)OC(=O)CCCCCCCCCCCC. The van der Waals surface area contributed by atoms with Crippen molar-refractivity contribution in [2.45, 2.75) is 174 Å². The predicted octanol–water partition coefficient (Wildman–Crippen LogP) is 9.03. The van der Waals surface area contributed by atoms with Crippen LogP contribution in [0, 0.1) is 0 Å². The number of nitrogens with two attached hydrogens (primary N) is 1. The number of unbranched alkanes of at least 4 members (excludes halogenated alkanes) is 19. The smallest absolute Gasteiger partial charge is 0.472 e. The second kappa shape index (κ2) is 32.3. The molecule has 0 saturated carbocycles. The lowest BCUT2D eigenvalue weighted by Gasteiger charge is -2.20. The van der Waals surface area contributed by atoms with Crippen LogP contribution >= 0.6 is 7.82 Å². The van der Waals surface area contributed by atoms with Gasteiger partial charge in [-0.15, -0.1) is 0 Å². The van der Waals surface area contributed by atoms with Crippen molar-refractivity contribution in [3.8, 4) is 0 Å². The molecule has 10 nitrogen and oxygen atoms in total. The topological polar surface area (TPSA) is 155 Å². The van der Waals surface area contributed by atoms with Crippen LogP contribution in [0.1, 0.15) is 162 Å². The summed E-state index contributed by atoms with van der Waals surface area (Å²) in [7, 11) is -4.60. The summed E-state index contributed by atoms with van der Waals surface area (Å²) in [6, 6.07) is -1.47. The molecule has 0 heterocycles. The van der Waals surface area contributed by atoms with Gasteiger partial charge in [0.05, 0.1) is 19.8 Å². The molecular weight excluding hydrogens is 609 g/mol. The highest BCUT2D eigenvalue weighted by molar-refractivity contribution is 7.47. The molecule has 46 heavy (non-hydrogen) atoms. The number of carbonyl (C=O) groups is 2. The second-order valence-corrected chi connectivity index (χ2v) is 13.8. The van der Waals surface area contributed by atoms with Crippen molar-refractivity contribution in [2.75, 3.05) is 26.4 Å². The van der Waals surface area contributed by atoms with E-state index in [4.69, 9.17) is 24.8 Å². The summed E-state index contributed by atoms with van der Waals surface area (Å²) in [6.07, 6.45) is 29.8. The maximum Gasteiger partial charge on any atom is 0.472 e. The maximum atomic E-state index is 12.5. The minimum atomic E-state index is -4.60. The third-order valence-electron chi connectivity index (χ3n) is 7.79. The first-order chi connectivity index (χ1) is 22.2. The zero-order chi connectivity index (χ0) is 34.1. The molecule has 0 rings (SSSR count). The molecule has 3 atom stereocenters. The Morgan fingerprint density at radius 2 is 1.13 bits per heavy atom. The van der Waals surface area contributed by atoms with Gasteiger partial charge in [0.25, 0.3) is 0 Å². The van der Waals surface area contributed by atoms with Gasteiger partial charge >= 0.3 is 19.8 Å². The van der Waals surface area contributed by atoms with Crippen molar-refractivity contribution in [1.82, 2.24) is 0 Å². The number of carbonyl (C=O) groups excluding carboxylic acids is 1. The lowest BCUT2D eigenvalue weighted by atomic mass is 10.1. The number of hydrogen-bond donors (Lipinski definition) is 3. The van der Waals surface area contributed by atoms with E-state index < -0.39 is 45.1 Å². The van der Waals surface area contributed by atoms with Gasteiger partial charge in [-0.2, -0.15) is 0 Å². The van der Waals surface area contributed by atoms with Crippen molar-refractivity contribution in [2.24, 2.45) is 5.73 Å². The molecule has 0 spiro atoms. The Morgan fingerprint density at radius 3 is 1.67 bits per heavy atom. The second-order valence-electron chi connectivity index (χ2n) is 12.4. The van der Waals surface area contributed by atoms with Crippen LogP contribution in [0.25, 0.3) is 0 Å². The Labute approximate surface area is 280 Å². The van der Waals surface area contributed by atoms with E-state index in [2.05, 4.69) is 30.5 Å². The van der Waals surface area contributed by atoms with Crippen LogP contribution in [-0.2, 0) is 32.7 Å². The van der Waals surface area contributed by atoms with Gasteiger partial charge < -0.3 is 25.2 Å². The van der Waals surface area contributed by atoms with Gasteiger partial charge in [0, 0.05) is 13.0 Å². The van der Waals surface area contributed by atoms with Crippen LogP contribution in [-0.4, -0.2) is 60.5 Å². The molecule has 0 bridgehead atoms. The first-order valence-corrected chi connectivity index (χ1v) is 19.7. The molecule has 4 N–H and O–H groups in total. The van der Waals surface area contributed by atoms with Gasteiger partial charge in [-0.05, 0) is 38.5 Å². The number of carboxylic acid groups (broad SMARTS) is 1. The van der Waals surface area contributed by atoms with E-state index in [1.165, 1.54) is 96.3 Å². The average molecular weight is 678 g/mol. The van der Waals surface area contributed by atoms with Crippen molar-refractivity contribution in [1.29, 1.82) is 0 Å². The van der Waals surface area contributed by atoms with E-state index >= 15 is 0 Å². The summed E-state index contributed by atoms with van der Waals surface area (Å²) in [5.74, 6) is -1.78. The summed E-state index contributed by atoms with van der Waals surface area (Å²) in [4.78, 5) is 33.3. The quantitative estimate of drug-likeness (QED) is 0.0256. The molecule has 0 amide bonds. The molecule has 0 aromatic rings. The minimum absolute atomic E-state index is 0.0171. The standard InChI is InChI=1S/C35H68NO9P/c1-3-5-7-9-11-13-15-16-17-18-20-22-24-26-28-42-29-32(30-43-46(40,41)44-31-33(36)35(38)39)45-34(37)27-25-23-21-19-14-12-10-8-6-4-2/h13,15,32-33H,3-12,14,16-31,36H2,1-2H3,(H,38,39)(H,40,41)/b15-13-. The number of phosphoric acid groups is 1. The summed E-state index contributed by atoms with van der Waals surface area (Å²) in [6.45, 7) is 3.83. The first-order valence-electron chi connectivity index (χ1n) is 18.2. The van der Waals surface area contributed by atoms with Crippen molar-refractivity contribution >= 4 is 19.8 Å². The molecule has 0 fully saturated rings. The Balaban J connectivity index is 4.31. The zero-order valence-electron chi connectivity index (χ0n) is 29.2. The van der Waals surface area contributed by atoms with E-state index in [0.29, 0.717) is 13.0 Å². The fourth-order valence-electron chi connectivity index (χ4n) is 4.89. The molecule has 3 unspecified atom stereocenters. The highest BCUT2D eigenvalue weighted by Gasteiger charge is 2.27. The minimum Gasteiger partial charge on any atom is -0.480 e. The molecule has 272 valence electrons. The Bertz CT molecular complexity index is 796. The normalized spacial score (nSPS) is 14.3. The molecule has 0 saturated heterocycles. The average Bonchev–Trinajstić information content (AvgIpc) is 3.03. The molecule has 0 radical (unpaired) electrons. The molecule has 0 aliphatic rings. The van der Waals surface area contributed by atoms with Gasteiger partial charge in [-0.1, -0.05) is 129 Å². The van der Waals surface area contributed by atoms with Gasteiger partial charge in [0.1, 0.15) is 12.1 Å². The Morgan fingerprint density at radius 1 is 0.674 bits per heavy atom. The molecule has 0 aromatic carbocycles. The van der Waals surface area contributed by atoms with Gasteiger partial charge in [0.15, 0.2) is 0 Å². The molecule has 0 aliphatic carbocycles.